The number of allylic oxidation sites excluding steroid dienone is 5. The molecule has 3 fully saturated rings. The van der Waals surface area contributed by atoms with E-state index in [9.17, 15) is 19.8 Å². The Hall–Kier alpha value is -3.71. The Kier molecular flexibility index (Phi) is 6.30. The molecule has 0 unspecified atom stereocenters. The number of nitrogens with zero attached hydrogens (tertiary/aromatic N) is 2. The first-order valence-corrected chi connectivity index (χ1v) is 18.1. The third-order valence-electron chi connectivity index (χ3n) is 10.3. The Morgan fingerprint density at radius 3 is 2.19 bits per heavy atom. The second kappa shape index (κ2) is 9.65. The van der Waals surface area contributed by atoms with Gasteiger partial charge in [0.15, 0.2) is 18.8 Å². The third-order valence-corrected chi connectivity index (χ3v) is 15.6. The van der Waals surface area contributed by atoms with Crippen LogP contribution >= 0.6 is 0 Å². The summed E-state index contributed by atoms with van der Waals surface area (Å²) in [5, 5.41) is 23.0. The van der Waals surface area contributed by atoms with Gasteiger partial charge in [-0.2, -0.15) is 0 Å². The molecule has 6 nitrogen and oxygen atoms in total. The molecule has 0 amide bonds. The first-order valence-electron chi connectivity index (χ1n) is 15.7. The van der Waals surface area contributed by atoms with Crippen molar-refractivity contribution in [1.82, 2.24) is 0 Å². The quantitative estimate of drug-likeness (QED) is 0.330. The van der Waals surface area contributed by atoms with Crippen LogP contribution in [0.2, 0.25) is 12.1 Å². The van der Waals surface area contributed by atoms with Gasteiger partial charge in [0.05, 0.1) is 16.5 Å². The van der Waals surface area contributed by atoms with Crippen LogP contribution in [0.3, 0.4) is 0 Å². The van der Waals surface area contributed by atoms with Crippen molar-refractivity contribution >= 4 is 42.2 Å². The standard InChI is InChI=1S/C36H40N2O4Si/c1-35(2)19-37(20-35)24-9-12-27-30(17-24)43(14-6-5-7-15-43)31-18-25(38-21-36(3,4)22-38)10-13-28(31)32(27)29-16-23(33(39)40)8-11-26(29)34(41)42/h8-13,16-18H,5-7,14-15,19-22H2,1-4H3,(H-,39,40,41,42)/p+1. The highest BCUT2D eigenvalue weighted by molar-refractivity contribution is 7.00. The fourth-order valence-corrected chi connectivity index (χ4v) is 14.0. The number of fused-ring (bicyclic) bond motifs is 4. The van der Waals surface area contributed by atoms with E-state index in [2.05, 4.69) is 73.6 Å². The van der Waals surface area contributed by atoms with Gasteiger partial charge in [0.1, 0.15) is 8.07 Å². The van der Waals surface area contributed by atoms with Gasteiger partial charge in [0.2, 0.25) is 0 Å². The smallest absolute Gasteiger partial charge is 0.336 e. The lowest BCUT2D eigenvalue weighted by Gasteiger charge is -2.49. The summed E-state index contributed by atoms with van der Waals surface area (Å²) >= 11 is 0. The fourth-order valence-electron chi connectivity index (χ4n) is 8.37. The van der Waals surface area contributed by atoms with Crippen LogP contribution in [0.15, 0.2) is 65.4 Å². The van der Waals surface area contributed by atoms with E-state index in [-0.39, 0.29) is 11.1 Å². The zero-order valence-electron chi connectivity index (χ0n) is 25.7. The van der Waals surface area contributed by atoms with E-state index in [0.717, 1.165) is 42.9 Å². The van der Waals surface area contributed by atoms with Gasteiger partial charge in [-0.15, -0.1) is 0 Å². The molecule has 0 radical (unpaired) electrons. The van der Waals surface area contributed by atoms with Gasteiger partial charge in [-0.25, -0.2) is 14.2 Å². The molecule has 4 aliphatic heterocycles. The number of carboxylic acids is 2. The molecule has 2 aromatic rings. The Morgan fingerprint density at radius 1 is 0.837 bits per heavy atom. The molecule has 1 spiro atoms. The summed E-state index contributed by atoms with van der Waals surface area (Å²) in [5.41, 5.74) is 6.87. The predicted octanol–water partition coefficient (Wildman–Crippen LogP) is 6.11. The first-order chi connectivity index (χ1) is 20.4. The van der Waals surface area contributed by atoms with Gasteiger partial charge in [-0.05, 0) is 100 Å². The lowest BCUT2D eigenvalue weighted by molar-refractivity contribution is -0.621. The summed E-state index contributed by atoms with van der Waals surface area (Å²) in [6.07, 6.45) is 10.5. The minimum Gasteiger partial charge on any atom is -0.478 e. The molecular formula is C36H41N2O4Si+. The normalized spacial score (nSPS) is 22.8. The van der Waals surface area contributed by atoms with E-state index in [1.165, 1.54) is 65.3 Å². The maximum Gasteiger partial charge on any atom is 0.336 e. The highest BCUT2D eigenvalue weighted by Gasteiger charge is 2.49. The molecule has 0 atom stereocenters. The first kappa shape index (κ1) is 28.1. The van der Waals surface area contributed by atoms with Crippen molar-refractivity contribution in [2.75, 3.05) is 31.1 Å². The minimum absolute atomic E-state index is 0.102. The van der Waals surface area contributed by atoms with Crippen LogP contribution < -0.4 is 10.1 Å². The van der Waals surface area contributed by atoms with Crippen molar-refractivity contribution in [3.05, 3.63) is 87.6 Å². The molecule has 0 aromatic heterocycles. The molecule has 2 aromatic carbocycles. The van der Waals surface area contributed by atoms with Crippen molar-refractivity contribution < 1.29 is 24.4 Å². The second-order valence-electron chi connectivity index (χ2n) is 14.9. The van der Waals surface area contributed by atoms with E-state index in [4.69, 9.17) is 0 Å². The average Bonchev–Trinajstić information content (AvgIpc) is 2.95. The number of rotatable bonds is 4. The van der Waals surface area contributed by atoms with Crippen molar-refractivity contribution in [3.63, 3.8) is 0 Å². The van der Waals surface area contributed by atoms with E-state index in [0.29, 0.717) is 16.4 Å². The summed E-state index contributed by atoms with van der Waals surface area (Å²) in [6, 6.07) is 13.7. The van der Waals surface area contributed by atoms with Crippen LogP contribution in [-0.2, 0) is 0 Å². The zero-order valence-corrected chi connectivity index (χ0v) is 26.7. The molecule has 0 bridgehead atoms. The topological polar surface area (TPSA) is 80.8 Å². The Balaban J connectivity index is 1.51. The van der Waals surface area contributed by atoms with Gasteiger partial charge in [0.25, 0.3) is 0 Å². The van der Waals surface area contributed by atoms with Crippen LogP contribution in [0.25, 0.3) is 5.57 Å². The van der Waals surface area contributed by atoms with Crippen molar-refractivity contribution in [1.29, 1.82) is 0 Å². The monoisotopic (exact) mass is 593 g/mol. The maximum atomic E-state index is 12.6. The molecular weight excluding hydrogens is 552 g/mol. The van der Waals surface area contributed by atoms with Gasteiger partial charge in [0, 0.05) is 30.9 Å². The fraction of sp³-hybridized carbons (Fsp3) is 0.417. The number of anilines is 1. The van der Waals surface area contributed by atoms with Gasteiger partial charge in [-0.1, -0.05) is 39.2 Å². The molecule has 3 saturated heterocycles. The lowest BCUT2D eigenvalue weighted by atomic mass is 9.83. The minimum atomic E-state index is -2.21. The largest absolute Gasteiger partial charge is 0.478 e. The molecule has 7 heteroatoms. The van der Waals surface area contributed by atoms with E-state index in [1.54, 1.807) is 6.07 Å². The summed E-state index contributed by atoms with van der Waals surface area (Å²) in [6.45, 7) is 13.3. The molecule has 0 saturated carbocycles. The van der Waals surface area contributed by atoms with E-state index in [1.807, 2.05) is 0 Å². The molecule has 222 valence electrons. The SMILES string of the molecule is CC1(C)CN(c2ccc3c(c2)[Si]2(CCCCC2)C2=CC(=[N+]4CC(C)(C)C4)C=CC2=C3c2cc(C(=O)O)ccc2C(=O)O)C1. The molecule has 4 heterocycles. The Labute approximate surface area is 254 Å². The number of aromatic carboxylic acids is 2. The van der Waals surface area contributed by atoms with E-state index >= 15 is 0 Å². The molecule has 1 aliphatic carbocycles. The maximum absolute atomic E-state index is 12.6. The summed E-state index contributed by atoms with van der Waals surface area (Å²) in [4.78, 5) is 27.2. The summed E-state index contributed by atoms with van der Waals surface area (Å²) in [7, 11) is -2.21. The highest BCUT2D eigenvalue weighted by Crippen LogP contribution is 2.48. The highest BCUT2D eigenvalue weighted by atomic mass is 28.3. The van der Waals surface area contributed by atoms with Crippen LogP contribution in [0, 0.1) is 10.8 Å². The number of carbonyl (C=O) groups is 2. The number of benzene rings is 2. The number of carboxylic acid groups (broad SMARTS) is 2. The number of hydrogen-bond acceptors (Lipinski definition) is 3. The number of hydrogen-bond donors (Lipinski definition) is 2. The Bertz CT molecular complexity index is 1700. The molecule has 7 rings (SSSR count). The lowest BCUT2D eigenvalue weighted by Crippen LogP contribution is -2.57. The van der Waals surface area contributed by atoms with Crippen molar-refractivity contribution in [3.8, 4) is 0 Å². The zero-order chi connectivity index (χ0) is 30.3. The summed E-state index contributed by atoms with van der Waals surface area (Å²) < 4.78 is 2.46. The predicted molar refractivity (Wildman–Crippen MR) is 174 cm³/mol. The van der Waals surface area contributed by atoms with Crippen LogP contribution in [0.5, 0.6) is 0 Å². The van der Waals surface area contributed by atoms with Gasteiger partial charge < -0.3 is 15.1 Å². The second-order valence-corrected chi connectivity index (χ2v) is 19.1. The van der Waals surface area contributed by atoms with Gasteiger partial charge in [-0.3, -0.25) is 0 Å². The van der Waals surface area contributed by atoms with Crippen LogP contribution in [-0.4, -0.2) is 66.7 Å². The van der Waals surface area contributed by atoms with Gasteiger partial charge >= 0.3 is 11.9 Å². The third kappa shape index (κ3) is 4.55. The van der Waals surface area contributed by atoms with E-state index < -0.39 is 20.0 Å². The molecule has 5 aliphatic rings. The van der Waals surface area contributed by atoms with Crippen molar-refractivity contribution in [2.24, 2.45) is 10.8 Å². The Morgan fingerprint density at radius 2 is 1.56 bits per heavy atom. The van der Waals surface area contributed by atoms with Crippen molar-refractivity contribution in [2.45, 2.75) is 59.0 Å². The summed E-state index contributed by atoms with van der Waals surface area (Å²) in [5.74, 6) is -2.10. The average molecular weight is 594 g/mol. The van der Waals surface area contributed by atoms with Crippen LogP contribution in [0.1, 0.15) is 78.8 Å². The van der Waals surface area contributed by atoms with Crippen LogP contribution in [0.4, 0.5) is 5.69 Å². The molecule has 2 N–H and O–H groups in total. The molecule has 43 heavy (non-hydrogen) atoms.